The van der Waals surface area contributed by atoms with Gasteiger partial charge in [-0.1, -0.05) is 0 Å². The number of non-ortho nitro benzene ring substituents is 1. The fourth-order valence-electron chi connectivity index (χ4n) is 1.77. The number of furan rings is 1. The molecule has 0 fully saturated rings. The third-order valence-corrected chi connectivity index (χ3v) is 3.69. The molecule has 7 nitrogen and oxygen atoms in total. The van der Waals surface area contributed by atoms with Crippen LogP contribution in [0.25, 0.3) is 0 Å². The zero-order valence-electron chi connectivity index (χ0n) is 11.6. The van der Waals surface area contributed by atoms with E-state index in [0.717, 1.165) is 0 Å². The van der Waals surface area contributed by atoms with Gasteiger partial charge in [-0.2, -0.15) is 5.26 Å². The number of nitrogens with zero attached hydrogens (tertiary/aromatic N) is 3. The highest BCUT2D eigenvalue weighted by Crippen LogP contribution is 2.33. The zero-order chi connectivity index (χ0) is 16.4. The average Bonchev–Trinajstić information content (AvgIpc) is 2.74. The second-order valence-corrected chi connectivity index (χ2v) is 5.31. The van der Waals surface area contributed by atoms with Gasteiger partial charge >= 0.3 is 0 Å². The SMILES string of the molecule is Cc1oc(N=Cc2cc([N+](=O)[O-])cc(Br)c2O)c(C#N)c1C. The highest BCUT2D eigenvalue weighted by molar-refractivity contribution is 9.10. The first-order chi connectivity index (χ1) is 10.3. The molecule has 0 atom stereocenters. The largest absolute Gasteiger partial charge is 0.506 e. The highest BCUT2D eigenvalue weighted by atomic mass is 79.9. The van der Waals surface area contributed by atoms with Gasteiger partial charge < -0.3 is 9.52 Å². The highest BCUT2D eigenvalue weighted by Gasteiger charge is 2.16. The standard InChI is InChI=1S/C14H10BrN3O4/c1-7-8(2)22-14(11(7)5-16)17-6-9-3-10(18(20)21)4-12(15)13(9)19/h3-4,6,19H,1-2H3. The monoisotopic (exact) mass is 363 g/mol. The summed E-state index contributed by atoms with van der Waals surface area (Å²) in [4.78, 5) is 14.3. The summed E-state index contributed by atoms with van der Waals surface area (Å²) in [5.41, 5.74) is 0.909. The third-order valence-electron chi connectivity index (χ3n) is 3.09. The molecule has 8 heteroatoms. The maximum Gasteiger partial charge on any atom is 0.271 e. The molecule has 0 aliphatic carbocycles. The Morgan fingerprint density at radius 3 is 2.77 bits per heavy atom. The Bertz CT molecular complexity index is 834. The molecule has 0 amide bonds. The molecule has 0 bridgehead atoms. The molecule has 0 radical (unpaired) electrons. The first-order valence-corrected chi connectivity index (χ1v) is 6.85. The average molecular weight is 364 g/mol. The predicted molar refractivity (Wildman–Crippen MR) is 82.6 cm³/mol. The summed E-state index contributed by atoms with van der Waals surface area (Å²) in [5.74, 6) is 0.473. The van der Waals surface area contributed by atoms with E-state index in [1.54, 1.807) is 13.8 Å². The van der Waals surface area contributed by atoms with E-state index >= 15 is 0 Å². The Balaban J connectivity index is 2.49. The van der Waals surface area contributed by atoms with Gasteiger partial charge in [-0.3, -0.25) is 10.1 Å². The van der Waals surface area contributed by atoms with Gasteiger partial charge in [-0.15, -0.1) is 0 Å². The van der Waals surface area contributed by atoms with Crippen LogP contribution in [0.3, 0.4) is 0 Å². The van der Waals surface area contributed by atoms with Gasteiger partial charge in [-0.25, -0.2) is 4.99 Å². The summed E-state index contributed by atoms with van der Waals surface area (Å²) in [6, 6.07) is 4.36. The number of phenols is 1. The van der Waals surface area contributed by atoms with Crippen LogP contribution in [-0.4, -0.2) is 16.2 Å². The number of phenolic OH excluding ortho intramolecular Hbond substituents is 1. The van der Waals surface area contributed by atoms with Crippen molar-refractivity contribution in [3.8, 4) is 11.8 Å². The minimum Gasteiger partial charge on any atom is -0.506 e. The number of benzene rings is 1. The van der Waals surface area contributed by atoms with E-state index in [1.807, 2.05) is 6.07 Å². The van der Waals surface area contributed by atoms with Crippen LogP contribution in [0.4, 0.5) is 11.6 Å². The minimum absolute atomic E-state index is 0.0968. The van der Waals surface area contributed by atoms with E-state index in [4.69, 9.17) is 9.68 Å². The molecule has 1 aromatic carbocycles. The number of nitro groups is 1. The van der Waals surface area contributed by atoms with Crippen molar-refractivity contribution in [2.45, 2.75) is 13.8 Å². The normalized spacial score (nSPS) is 10.8. The summed E-state index contributed by atoms with van der Waals surface area (Å²) in [7, 11) is 0. The molecule has 0 spiro atoms. The van der Waals surface area contributed by atoms with E-state index in [1.165, 1.54) is 18.3 Å². The van der Waals surface area contributed by atoms with Crippen molar-refractivity contribution in [3.63, 3.8) is 0 Å². The molecule has 1 aromatic heterocycles. The fourth-order valence-corrected chi connectivity index (χ4v) is 2.23. The Morgan fingerprint density at radius 2 is 2.18 bits per heavy atom. The number of hydrogen-bond acceptors (Lipinski definition) is 6. The van der Waals surface area contributed by atoms with Crippen molar-refractivity contribution in [3.05, 3.63) is 49.2 Å². The van der Waals surface area contributed by atoms with Crippen LogP contribution in [-0.2, 0) is 0 Å². The predicted octanol–water partition coefficient (Wildman–Crippen LogP) is 3.90. The molecule has 0 aliphatic rings. The van der Waals surface area contributed by atoms with Crippen LogP contribution in [0.1, 0.15) is 22.5 Å². The van der Waals surface area contributed by atoms with Crippen LogP contribution < -0.4 is 0 Å². The number of nitriles is 1. The van der Waals surface area contributed by atoms with Gasteiger partial charge in [0.25, 0.3) is 5.69 Å². The molecule has 1 heterocycles. The smallest absolute Gasteiger partial charge is 0.271 e. The van der Waals surface area contributed by atoms with E-state index in [9.17, 15) is 15.2 Å². The molecule has 0 saturated carbocycles. The maximum absolute atomic E-state index is 10.8. The Hall–Kier alpha value is -2.66. The summed E-state index contributed by atoms with van der Waals surface area (Å²) >= 11 is 3.04. The molecule has 2 aromatic rings. The molecule has 22 heavy (non-hydrogen) atoms. The lowest BCUT2D eigenvalue weighted by Crippen LogP contribution is -1.91. The van der Waals surface area contributed by atoms with Crippen LogP contribution in [0.2, 0.25) is 0 Å². The minimum atomic E-state index is -0.580. The van der Waals surface area contributed by atoms with Crippen LogP contribution in [0.5, 0.6) is 5.75 Å². The topological polar surface area (TPSA) is 113 Å². The number of rotatable bonds is 3. The molecule has 0 unspecified atom stereocenters. The van der Waals surface area contributed by atoms with Gasteiger partial charge in [0.2, 0.25) is 5.88 Å². The fraction of sp³-hybridized carbons (Fsp3) is 0.143. The van der Waals surface area contributed by atoms with Gasteiger partial charge in [0.1, 0.15) is 23.1 Å². The molecule has 0 saturated heterocycles. The van der Waals surface area contributed by atoms with E-state index in [2.05, 4.69) is 20.9 Å². The van der Waals surface area contributed by atoms with Crippen molar-refractivity contribution in [2.24, 2.45) is 4.99 Å². The van der Waals surface area contributed by atoms with Gasteiger partial charge in [-0.05, 0) is 29.8 Å². The quantitative estimate of drug-likeness (QED) is 0.504. The summed E-state index contributed by atoms with van der Waals surface area (Å²) < 4.78 is 5.53. The number of nitro benzene ring substituents is 1. The molecular formula is C14H10BrN3O4. The van der Waals surface area contributed by atoms with E-state index in [-0.39, 0.29) is 32.9 Å². The Morgan fingerprint density at radius 1 is 1.50 bits per heavy atom. The molecule has 2 rings (SSSR count). The van der Waals surface area contributed by atoms with Crippen LogP contribution in [0.15, 0.2) is 26.0 Å². The molecular weight excluding hydrogens is 354 g/mol. The van der Waals surface area contributed by atoms with Crippen molar-refractivity contribution >= 4 is 33.7 Å². The number of hydrogen-bond donors (Lipinski definition) is 1. The van der Waals surface area contributed by atoms with E-state index in [0.29, 0.717) is 11.3 Å². The second-order valence-electron chi connectivity index (χ2n) is 4.46. The van der Waals surface area contributed by atoms with Crippen LogP contribution in [0, 0.1) is 35.3 Å². The first-order valence-electron chi connectivity index (χ1n) is 6.06. The zero-order valence-corrected chi connectivity index (χ0v) is 13.2. The van der Waals surface area contributed by atoms with Crippen molar-refractivity contribution < 1.29 is 14.4 Å². The lowest BCUT2D eigenvalue weighted by Gasteiger charge is -2.01. The molecule has 1 N–H and O–H groups in total. The van der Waals surface area contributed by atoms with Gasteiger partial charge in [0, 0.05) is 29.5 Å². The Kier molecular flexibility index (Phi) is 4.28. The van der Waals surface area contributed by atoms with Crippen molar-refractivity contribution in [1.29, 1.82) is 5.26 Å². The van der Waals surface area contributed by atoms with Gasteiger partial charge in [0.05, 0.1) is 9.40 Å². The summed E-state index contributed by atoms with van der Waals surface area (Å²) in [6.07, 6.45) is 1.21. The van der Waals surface area contributed by atoms with Crippen LogP contribution >= 0.6 is 15.9 Å². The maximum atomic E-state index is 10.8. The number of aliphatic imine (C=N–C) groups is 1. The van der Waals surface area contributed by atoms with Gasteiger partial charge in [0.15, 0.2) is 0 Å². The lowest BCUT2D eigenvalue weighted by molar-refractivity contribution is -0.385. The summed E-state index contributed by atoms with van der Waals surface area (Å²) in [5, 5.41) is 29.8. The second kappa shape index (κ2) is 5.99. The first kappa shape index (κ1) is 15.7. The van der Waals surface area contributed by atoms with Crippen molar-refractivity contribution in [1.82, 2.24) is 0 Å². The number of aryl methyl sites for hydroxylation is 1. The van der Waals surface area contributed by atoms with Crippen molar-refractivity contribution in [2.75, 3.05) is 0 Å². The molecule has 112 valence electrons. The number of halogens is 1. The third kappa shape index (κ3) is 2.84. The summed E-state index contributed by atoms with van der Waals surface area (Å²) in [6.45, 7) is 3.44. The lowest BCUT2D eigenvalue weighted by atomic mass is 10.2. The Labute approximate surface area is 133 Å². The number of aromatic hydroxyl groups is 1. The molecule has 0 aliphatic heterocycles. The van der Waals surface area contributed by atoms with E-state index < -0.39 is 4.92 Å².